The molecule has 1 unspecified atom stereocenters. The number of hydrogen-bond acceptors (Lipinski definition) is 7. The van der Waals surface area contributed by atoms with Crippen LogP contribution < -0.4 is 10.2 Å². The summed E-state index contributed by atoms with van der Waals surface area (Å²) in [5.41, 5.74) is 1.26. The maximum absolute atomic E-state index is 15.4. The SMILES string of the molecule is CC(C)(C)OC(=O)N(C1=CS(=S(=O)=O)C=N1)c1cc(Cl)c(NCc2cc(CCN3CC(F)C3)ccc2F)cc1F. The van der Waals surface area contributed by atoms with E-state index in [9.17, 15) is 22.0 Å². The lowest BCUT2D eigenvalue weighted by atomic mass is 10.1. The van der Waals surface area contributed by atoms with Crippen LogP contribution >= 0.6 is 11.6 Å². The number of nitrogens with zero attached hydrogens (tertiary/aromatic N) is 3. The van der Waals surface area contributed by atoms with Crippen molar-refractivity contribution < 1.29 is 31.1 Å². The minimum Gasteiger partial charge on any atom is -0.443 e. The van der Waals surface area contributed by atoms with Crippen molar-refractivity contribution in [1.82, 2.24) is 4.90 Å². The number of ether oxygens (including phenoxy) is 1. The highest BCUT2D eigenvalue weighted by Crippen LogP contribution is 2.35. The Balaban J connectivity index is 1.55. The molecule has 216 valence electrons. The van der Waals surface area contributed by atoms with Crippen LogP contribution in [0.25, 0.3) is 0 Å². The molecule has 0 saturated carbocycles. The molecular weight excluding hydrogens is 589 g/mol. The van der Waals surface area contributed by atoms with Crippen molar-refractivity contribution in [3.05, 3.63) is 69.3 Å². The molecule has 0 aromatic heterocycles. The number of alkyl halides is 1. The Morgan fingerprint density at radius 2 is 1.95 bits per heavy atom. The van der Waals surface area contributed by atoms with E-state index >= 15 is 4.39 Å². The van der Waals surface area contributed by atoms with Gasteiger partial charge in [-0.15, -0.1) is 0 Å². The number of anilines is 2. The third kappa shape index (κ3) is 7.45. The highest BCUT2D eigenvalue weighted by atomic mass is 35.5. The van der Waals surface area contributed by atoms with Gasteiger partial charge in [-0.05, 0) is 44.9 Å². The highest BCUT2D eigenvalue weighted by molar-refractivity contribution is 8.42. The average molecular weight is 617 g/mol. The second kappa shape index (κ2) is 12.3. The molecule has 0 spiro atoms. The number of carbonyl (C=O) groups is 1. The standard InChI is InChI=1S/C26H28ClF3N4O4S2/c1-26(2,3)38-25(35)34(24-14-39(15-32-24)40(36)37)23-9-19(27)22(10-21(23)30)31-11-17-8-16(4-5-20(17)29)6-7-33-12-18(28)13-33/h4-5,8-10,14-15,18,31H,6-7,11-13H2,1-3H3. The predicted molar refractivity (Wildman–Crippen MR) is 152 cm³/mol. The molecule has 40 heavy (non-hydrogen) atoms. The summed E-state index contributed by atoms with van der Waals surface area (Å²) in [4.78, 5) is 19.8. The van der Waals surface area contributed by atoms with Crippen molar-refractivity contribution in [3.63, 3.8) is 0 Å². The van der Waals surface area contributed by atoms with Gasteiger partial charge in [0.2, 0.25) is 9.26 Å². The van der Waals surface area contributed by atoms with Gasteiger partial charge in [0.05, 0.1) is 21.9 Å². The first-order chi connectivity index (χ1) is 18.8. The van der Waals surface area contributed by atoms with Gasteiger partial charge in [0.1, 0.15) is 23.4 Å². The van der Waals surface area contributed by atoms with Crippen LogP contribution in [0, 0.1) is 11.6 Å². The number of aliphatic imine (C=N–C) groups is 1. The number of benzene rings is 2. The molecule has 1 atom stereocenters. The Morgan fingerprint density at radius 1 is 1.23 bits per heavy atom. The Kier molecular flexibility index (Phi) is 9.28. The molecule has 1 amide bonds. The summed E-state index contributed by atoms with van der Waals surface area (Å²) in [7, 11) is -3.91. The third-order valence-corrected chi connectivity index (χ3v) is 8.83. The van der Waals surface area contributed by atoms with Crippen LogP contribution in [0.1, 0.15) is 31.9 Å². The van der Waals surface area contributed by atoms with E-state index < -0.39 is 48.2 Å². The molecule has 14 heteroatoms. The van der Waals surface area contributed by atoms with E-state index in [2.05, 4.69) is 10.3 Å². The van der Waals surface area contributed by atoms with Crippen LogP contribution in [0.3, 0.4) is 0 Å². The zero-order valence-electron chi connectivity index (χ0n) is 22.0. The Hall–Kier alpha value is -2.87. The molecular formula is C26H28ClF3N4O4S2. The summed E-state index contributed by atoms with van der Waals surface area (Å²) in [6, 6.07) is 6.95. The molecule has 1 fully saturated rings. The van der Waals surface area contributed by atoms with Crippen molar-refractivity contribution in [1.29, 1.82) is 0 Å². The second-order valence-electron chi connectivity index (χ2n) is 10.2. The molecule has 0 bridgehead atoms. The van der Waals surface area contributed by atoms with E-state index in [4.69, 9.17) is 16.3 Å². The highest BCUT2D eigenvalue weighted by Gasteiger charge is 2.31. The lowest BCUT2D eigenvalue weighted by Crippen LogP contribution is -2.48. The maximum atomic E-state index is 15.4. The minimum absolute atomic E-state index is 0.00219. The predicted octanol–water partition coefficient (Wildman–Crippen LogP) is 5.42. The number of carbonyl (C=O) groups excluding carboxylic acids is 1. The number of halogens is 4. The molecule has 2 aromatic carbocycles. The van der Waals surface area contributed by atoms with Crippen LogP contribution in [0.2, 0.25) is 5.02 Å². The maximum Gasteiger partial charge on any atom is 0.420 e. The van der Waals surface area contributed by atoms with Crippen molar-refractivity contribution >= 4 is 53.3 Å². The lowest BCUT2D eigenvalue weighted by molar-refractivity contribution is 0.0591. The summed E-state index contributed by atoms with van der Waals surface area (Å²) in [6.45, 7) is 6.35. The zero-order valence-corrected chi connectivity index (χ0v) is 24.3. The van der Waals surface area contributed by atoms with Gasteiger partial charge in [-0.2, -0.15) is 8.42 Å². The quantitative estimate of drug-likeness (QED) is 0.426. The average Bonchev–Trinajstić information content (AvgIpc) is 3.32. The van der Waals surface area contributed by atoms with Crippen LogP contribution in [-0.4, -0.2) is 56.4 Å². The third-order valence-electron chi connectivity index (χ3n) is 5.96. The molecule has 2 aliphatic rings. The molecule has 0 aliphatic carbocycles. The van der Waals surface area contributed by atoms with Gasteiger partial charge in [-0.1, -0.05) is 23.7 Å². The number of hydrogen-bond donors (Lipinski definition) is 1. The summed E-state index contributed by atoms with van der Waals surface area (Å²) in [6.07, 6.45) is -1.14. The van der Waals surface area contributed by atoms with E-state index in [0.717, 1.165) is 22.1 Å². The van der Waals surface area contributed by atoms with Gasteiger partial charge in [0, 0.05) is 52.7 Å². The normalized spacial score (nSPS) is 17.4. The Morgan fingerprint density at radius 3 is 2.58 bits per heavy atom. The van der Waals surface area contributed by atoms with Gasteiger partial charge in [-0.3, -0.25) is 4.90 Å². The lowest BCUT2D eigenvalue weighted by Gasteiger charge is -2.34. The summed E-state index contributed by atoms with van der Waals surface area (Å²) in [5.74, 6) is -1.46. The fourth-order valence-electron chi connectivity index (χ4n) is 4.01. The summed E-state index contributed by atoms with van der Waals surface area (Å²) < 4.78 is 71.2. The van der Waals surface area contributed by atoms with Gasteiger partial charge in [0.15, 0.2) is 5.82 Å². The summed E-state index contributed by atoms with van der Waals surface area (Å²) >= 11 is 6.43. The number of amides is 1. The largest absolute Gasteiger partial charge is 0.443 e. The van der Waals surface area contributed by atoms with Crippen LogP contribution in [0.15, 0.2) is 46.6 Å². The molecule has 1 N–H and O–H groups in total. The van der Waals surface area contributed by atoms with Crippen molar-refractivity contribution in [3.8, 4) is 0 Å². The van der Waals surface area contributed by atoms with E-state index in [1.165, 1.54) is 17.5 Å². The summed E-state index contributed by atoms with van der Waals surface area (Å²) in [5, 5.41) is 4.16. The van der Waals surface area contributed by atoms with Crippen LogP contribution in [-0.2, 0) is 36.4 Å². The molecule has 2 heterocycles. The van der Waals surface area contributed by atoms with Gasteiger partial charge >= 0.3 is 6.09 Å². The van der Waals surface area contributed by atoms with E-state index in [-0.39, 0.29) is 28.8 Å². The van der Waals surface area contributed by atoms with E-state index in [0.29, 0.717) is 31.6 Å². The molecule has 2 aliphatic heterocycles. The van der Waals surface area contributed by atoms with Crippen molar-refractivity contribution in [2.24, 2.45) is 4.99 Å². The minimum atomic E-state index is -2.51. The Bertz CT molecular complexity index is 1510. The van der Waals surface area contributed by atoms with Gasteiger partial charge < -0.3 is 10.1 Å². The number of nitrogens with one attached hydrogen (secondary N) is 1. The molecule has 4 rings (SSSR count). The number of rotatable bonds is 8. The van der Waals surface area contributed by atoms with Crippen molar-refractivity contribution in [2.45, 2.75) is 45.5 Å². The van der Waals surface area contributed by atoms with Gasteiger partial charge in [0.25, 0.3) is 0 Å². The first-order valence-corrected chi connectivity index (χ1v) is 15.6. The molecule has 0 radical (unpaired) electrons. The van der Waals surface area contributed by atoms with Crippen LogP contribution in [0.4, 0.5) is 29.3 Å². The number of likely N-dealkylation sites (tertiary alicyclic amines) is 1. The monoisotopic (exact) mass is 616 g/mol. The van der Waals surface area contributed by atoms with E-state index in [1.54, 1.807) is 32.9 Å². The smallest absolute Gasteiger partial charge is 0.420 e. The fraction of sp³-hybridized carbons (Fsp3) is 0.385. The zero-order chi connectivity index (χ0) is 29.2. The molecule has 8 nitrogen and oxygen atoms in total. The topological polar surface area (TPSA) is 91.3 Å². The van der Waals surface area contributed by atoms with Gasteiger partial charge in [-0.25, -0.2) is 27.9 Å². The Labute approximate surface area is 238 Å². The molecule has 1 saturated heterocycles. The first-order valence-electron chi connectivity index (χ1n) is 12.3. The van der Waals surface area contributed by atoms with Crippen LogP contribution in [0.5, 0.6) is 0 Å². The second-order valence-corrected chi connectivity index (χ2v) is 14.1. The van der Waals surface area contributed by atoms with Crippen molar-refractivity contribution in [2.75, 3.05) is 29.9 Å². The first kappa shape index (κ1) is 30.1. The fourth-order valence-corrected chi connectivity index (χ4v) is 5.86. The molecule has 2 aromatic rings. The van der Waals surface area contributed by atoms with E-state index in [1.807, 2.05) is 4.90 Å².